The maximum absolute atomic E-state index is 13.1. The molecule has 21 heavy (non-hydrogen) atoms. The van der Waals surface area contributed by atoms with E-state index in [1.165, 1.54) is 18.0 Å². The minimum Gasteiger partial charge on any atom is -0.367 e. The van der Waals surface area contributed by atoms with Crippen LogP contribution in [0.5, 0.6) is 0 Å². The van der Waals surface area contributed by atoms with Gasteiger partial charge in [0.25, 0.3) is 0 Å². The Labute approximate surface area is 125 Å². The third-order valence-electron chi connectivity index (χ3n) is 3.36. The highest BCUT2D eigenvalue weighted by Gasteiger charge is 2.35. The SMILES string of the molecule is CCCCCC/C=C(\N(C)Cc1ccccc1)C(F)(F)F. The fraction of sp³-hybridized carbons (Fsp3) is 0.529. The molecule has 0 aromatic heterocycles. The Morgan fingerprint density at radius 1 is 1.10 bits per heavy atom. The van der Waals surface area contributed by atoms with E-state index in [9.17, 15) is 13.2 Å². The Bertz CT molecular complexity index is 423. The second-order valence-electron chi connectivity index (χ2n) is 5.28. The van der Waals surface area contributed by atoms with Crippen LogP contribution < -0.4 is 0 Å². The molecule has 0 aliphatic rings. The number of unbranched alkanes of at least 4 members (excludes halogenated alkanes) is 4. The summed E-state index contributed by atoms with van der Waals surface area (Å²) in [4.78, 5) is 1.29. The van der Waals surface area contributed by atoms with E-state index in [-0.39, 0.29) is 6.54 Å². The first-order valence-electron chi connectivity index (χ1n) is 7.47. The van der Waals surface area contributed by atoms with Crippen LogP contribution in [0.4, 0.5) is 13.2 Å². The Hall–Kier alpha value is -1.45. The summed E-state index contributed by atoms with van der Waals surface area (Å²) in [5, 5.41) is 0. The third-order valence-corrected chi connectivity index (χ3v) is 3.36. The molecule has 0 unspecified atom stereocenters. The molecular weight excluding hydrogens is 275 g/mol. The van der Waals surface area contributed by atoms with Gasteiger partial charge in [-0.15, -0.1) is 0 Å². The topological polar surface area (TPSA) is 3.24 Å². The van der Waals surface area contributed by atoms with Crippen molar-refractivity contribution in [3.63, 3.8) is 0 Å². The van der Waals surface area contributed by atoms with Crippen LogP contribution >= 0.6 is 0 Å². The first-order valence-corrected chi connectivity index (χ1v) is 7.47. The van der Waals surface area contributed by atoms with Gasteiger partial charge in [-0.2, -0.15) is 13.2 Å². The molecule has 0 saturated heterocycles. The molecule has 0 atom stereocenters. The van der Waals surface area contributed by atoms with Crippen molar-refractivity contribution in [2.75, 3.05) is 7.05 Å². The van der Waals surface area contributed by atoms with Crippen molar-refractivity contribution in [1.82, 2.24) is 4.90 Å². The first kappa shape index (κ1) is 17.6. The van der Waals surface area contributed by atoms with E-state index in [0.717, 1.165) is 31.2 Å². The van der Waals surface area contributed by atoms with Crippen LogP contribution in [0.25, 0.3) is 0 Å². The second-order valence-corrected chi connectivity index (χ2v) is 5.28. The van der Waals surface area contributed by atoms with E-state index in [0.29, 0.717) is 6.42 Å². The van der Waals surface area contributed by atoms with Crippen LogP contribution in [0, 0.1) is 0 Å². The number of rotatable bonds is 8. The molecule has 1 rings (SSSR count). The van der Waals surface area contributed by atoms with Gasteiger partial charge in [0.1, 0.15) is 5.70 Å². The molecule has 1 aromatic rings. The zero-order valence-corrected chi connectivity index (χ0v) is 12.8. The fourth-order valence-corrected chi connectivity index (χ4v) is 2.24. The summed E-state index contributed by atoms with van der Waals surface area (Å²) in [6.45, 7) is 2.35. The van der Waals surface area contributed by atoms with E-state index in [1.54, 1.807) is 0 Å². The monoisotopic (exact) mass is 299 g/mol. The van der Waals surface area contributed by atoms with Gasteiger partial charge in [-0.3, -0.25) is 0 Å². The highest BCUT2D eigenvalue weighted by Crippen LogP contribution is 2.29. The van der Waals surface area contributed by atoms with Gasteiger partial charge in [-0.25, -0.2) is 0 Å². The lowest BCUT2D eigenvalue weighted by molar-refractivity contribution is -0.110. The van der Waals surface area contributed by atoms with Gasteiger partial charge in [0, 0.05) is 13.6 Å². The van der Waals surface area contributed by atoms with Crippen LogP contribution in [0.2, 0.25) is 0 Å². The molecule has 1 nitrogen and oxygen atoms in total. The molecule has 0 N–H and O–H groups in total. The average molecular weight is 299 g/mol. The first-order chi connectivity index (χ1) is 9.95. The molecule has 0 aliphatic heterocycles. The second kappa shape index (κ2) is 8.75. The molecule has 0 aliphatic carbocycles. The van der Waals surface area contributed by atoms with Crippen molar-refractivity contribution in [2.24, 2.45) is 0 Å². The van der Waals surface area contributed by atoms with E-state index < -0.39 is 11.9 Å². The summed E-state index contributed by atoms with van der Waals surface area (Å²) in [6, 6.07) is 9.21. The fourth-order valence-electron chi connectivity index (χ4n) is 2.24. The molecule has 0 amide bonds. The van der Waals surface area contributed by atoms with Gasteiger partial charge in [0.15, 0.2) is 0 Å². The number of hydrogen-bond acceptors (Lipinski definition) is 1. The van der Waals surface area contributed by atoms with Crippen LogP contribution in [0.1, 0.15) is 44.6 Å². The van der Waals surface area contributed by atoms with Crippen molar-refractivity contribution >= 4 is 0 Å². The van der Waals surface area contributed by atoms with Gasteiger partial charge in [0.05, 0.1) is 0 Å². The van der Waals surface area contributed by atoms with Gasteiger partial charge < -0.3 is 4.90 Å². The Balaban J connectivity index is 2.66. The maximum atomic E-state index is 13.1. The predicted molar refractivity (Wildman–Crippen MR) is 80.8 cm³/mol. The zero-order chi connectivity index (χ0) is 15.7. The largest absolute Gasteiger partial charge is 0.430 e. The van der Waals surface area contributed by atoms with Crippen LogP contribution in [-0.2, 0) is 6.54 Å². The summed E-state index contributed by atoms with van der Waals surface area (Å²) in [5.41, 5.74) is 0.337. The zero-order valence-electron chi connectivity index (χ0n) is 12.8. The van der Waals surface area contributed by atoms with Crippen molar-refractivity contribution in [1.29, 1.82) is 0 Å². The Morgan fingerprint density at radius 2 is 1.76 bits per heavy atom. The van der Waals surface area contributed by atoms with Crippen molar-refractivity contribution in [3.8, 4) is 0 Å². The van der Waals surface area contributed by atoms with Crippen LogP contribution in [0.15, 0.2) is 42.1 Å². The van der Waals surface area contributed by atoms with E-state index in [2.05, 4.69) is 6.92 Å². The summed E-state index contributed by atoms with van der Waals surface area (Å²) >= 11 is 0. The number of benzene rings is 1. The lowest BCUT2D eigenvalue weighted by atomic mass is 10.1. The molecule has 4 heteroatoms. The summed E-state index contributed by atoms with van der Waals surface area (Å²) in [6.07, 6.45) is 1.48. The molecule has 0 saturated carbocycles. The average Bonchev–Trinajstić information content (AvgIpc) is 2.42. The number of nitrogens with zero attached hydrogens (tertiary/aromatic N) is 1. The van der Waals surface area contributed by atoms with Gasteiger partial charge in [-0.1, -0.05) is 62.6 Å². The number of hydrogen-bond donors (Lipinski definition) is 0. The third kappa shape index (κ3) is 6.69. The molecule has 0 heterocycles. The molecule has 0 fully saturated rings. The van der Waals surface area contributed by atoms with Crippen LogP contribution in [-0.4, -0.2) is 18.1 Å². The summed E-state index contributed by atoms with van der Waals surface area (Å²) < 4.78 is 39.4. The van der Waals surface area contributed by atoms with Crippen molar-refractivity contribution in [2.45, 2.75) is 51.7 Å². The molecule has 0 spiro atoms. The van der Waals surface area contributed by atoms with E-state index in [1.807, 2.05) is 30.3 Å². The van der Waals surface area contributed by atoms with Crippen molar-refractivity contribution < 1.29 is 13.2 Å². The number of allylic oxidation sites excluding steroid dienone is 2. The van der Waals surface area contributed by atoms with E-state index in [4.69, 9.17) is 0 Å². The van der Waals surface area contributed by atoms with Crippen molar-refractivity contribution in [3.05, 3.63) is 47.7 Å². The molecule has 0 radical (unpaired) electrons. The normalized spacial score (nSPS) is 12.5. The smallest absolute Gasteiger partial charge is 0.367 e. The Morgan fingerprint density at radius 3 is 2.33 bits per heavy atom. The van der Waals surface area contributed by atoms with Gasteiger partial charge >= 0.3 is 6.18 Å². The minimum absolute atomic E-state index is 0.265. The van der Waals surface area contributed by atoms with E-state index >= 15 is 0 Å². The minimum atomic E-state index is -4.30. The van der Waals surface area contributed by atoms with Gasteiger partial charge in [0.2, 0.25) is 0 Å². The summed E-state index contributed by atoms with van der Waals surface area (Å²) in [5.74, 6) is 0. The molecular formula is C17H24F3N. The lowest BCUT2D eigenvalue weighted by Gasteiger charge is -2.24. The highest BCUT2D eigenvalue weighted by molar-refractivity contribution is 5.17. The molecule has 118 valence electrons. The number of alkyl halides is 3. The standard InChI is InChI=1S/C17H24F3N/c1-3-4-5-6-10-13-16(17(18,19)20)21(2)14-15-11-8-7-9-12-15/h7-9,11-13H,3-6,10,14H2,1-2H3/b16-13-. The quantitative estimate of drug-likeness (QED) is 0.570. The molecule has 0 bridgehead atoms. The summed E-state index contributed by atoms with van der Waals surface area (Å²) in [7, 11) is 1.50. The van der Waals surface area contributed by atoms with Crippen LogP contribution in [0.3, 0.4) is 0 Å². The molecule has 1 aromatic carbocycles. The predicted octanol–water partition coefficient (Wildman–Crippen LogP) is 5.54. The highest BCUT2D eigenvalue weighted by atomic mass is 19.4. The lowest BCUT2D eigenvalue weighted by Crippen LogP contribution is -2.28. The maximum Gasteiger partial charge on any atom is 0.430 e. The Kier molecular flexibility index (Phi) is 7.34. The van der Waals surface area contributed by atoms with Gasteiger partial charge in [-0.05, 0) is 18.4 Å². The number of halogens is 3.